The average Bonchev–Trinajstić information content (AvgIpc) is 2.44. The van der Waals surface area contributed by atoms with Crippen LogP contribution in [0.25, 0.3) is 0 Å². The molecule has 5 nitrogen and oxygen atoms in total. The van der Waals surface area contributed by atoms with Gasteiger partial charge in [0.2, 0.25) is 5.95 Å². The lowest BCUT2D eigenvalue weighted by Crippen LogP contribution is -2.24. The molecule has 0 aliphatic carbocycles. The number of aromatic nitrogens is 3. The molecule has 86 valence electrons. The van der Waals surface area contributed by atoms with E-state index in [1.807, 2.05) is 0 Å². The van der Waals surface area contributed by atoms with Crippen molar-refractivity contribution >= 4 is 5.95 Å². The molecule has 1 aromatic rings. The molecular weight excluding hydrogens is 211 g/mol. The highest BCUT2D eigenvalue weighted by Crippen LogP contribution is 2.21. The summed E-state index contributed by atoms with van der Waals surface area (Å²) in [5.41, 5.74) is 5.27. The van der Waals surface area contributed by atoms with Crippen molar-refractivity contribution in [3.05, 3.63) is 5.82 Å². The van der Waals surface area contributed by atoms with Crippen LogP contribution in [0.5, 0.6) is 0 Å². The van der Waals surface area contributed by atoms with E-state index in [0.717, 1.165) is 4.57 Å². The molecule has 0 spiro atoms. The second-order valence-corrected chi connectivity index (χ2v) is 3.22. The van der Waals surface area contributed by atoms with E-state index in [0.29, 0.717) is 0 Å². The molecule has 0 fully saturated rings. The summed E-state index contributed by atoms with van der Waals surface area (Å²) in [7, 11) is 3.19. The van der Waals surface area contributed by atoms with Gasteiger partial charge in [-0.05, 0) is 0 Å². The minimum Gasteiger partial charge on any atom is -0.347 e. The molecule has 15 heavy (non-hydrogen) atoms. The lowest BCUT2D eigenvalue weighted by molar-refractivity contribution is -0.140. The van der Waals surface area contributed by atoms with E-state index in [2.05, 4.69) is 10.2 Å². The molecule has 0 unspecified atom stereocenters. The average molecular weight is 223 g/mol. The number of halogens is 3. The quantitative estimate of drug-likeness (QED) is 0.804. The molecule has 8 heteroatoms. The van der Waals surface area contributed by atoms with Gasteiger partial charge in [-0.15, -0.1) is 10.2 Å². The van der Waals surface area contributed by atoms with Crippen molar-refractivity contribution in [2.24, 2.45) is 5.73 Å². The van der Waals surface area contributed by atoms with Crippen molar-refractivity contribution in [3.8, 4) is 0 Å². The Morgan fingerprint density at radius 3 is 2.33 bits per heavy atom. The number of hydrogen-bond donors (Lipinski definition) is 1. The maximum atomic E-state index is 12.2. The van der Waals surface area contributed by atoms with Crippen molar-refractivity contribution in [2.75, 3.05) is 19.0 Å². The Morgan fingerprint density at radius 1 is 1.33 bits per heavy atom. The Labute approximate surface area is 84.7 Å². The zero-order chi connectivity index (χ0) is 11.6. The van der Waals surface area contributed by atoms with Crippen LogP contribution >= 0.6 is 0 Å². The van der Waals surface area contributed by atoms with Crippen molar-refractivity contribution in [1.29, 1.82) is 0 Å². The van der Waals surface area contributed by atoms with Crippen molar-refractivity contribution in [1.82, 2.24) is 14.8 Å². The molecule has 0 saturated heterocycles. The molecule has 2 N–H and O–H groups in total. The highest BCUT2D eigenvalue weighted by Gasteiger charge is 2.31. The number of rotatable bonds is 3. The van der Waals surface area contributed by atoms with Gasteiger partial charge in [0, 0.05) is 14.1 Å². The summed E-state index contributed by atoms with van der Waals surface area (Å²) in [6.45, 7) is -1.20. The van der Waals surface area contributed by atoms with Crippen molar-refractivity contribution in [2.45, 2.75) is 19.3 Å². The SMILES string of the molecule is CN(C)c1nnc(CN)n1CC(F)(F)F. The largest absolute Gasteiger partial charge is 0.406 e. The van der Waals surface area contributed by atoms with Crippen LogP contribution < -0.4 is 10.6 Å². The third-order valence-corrected chi connectivity index (χ3v) is 1.73. The van der Waals surface area contributed by atoms with E-state index in [1.165, 1.54) is 4.90 Å². The third-order valence-electron chi connectivity index (χ3n) is 1.73. The molecule has 0 aliphatic heterocycles. The monoisotopic (exact) mass is 223 g/mol. The Morgan fingerprint density at radius 2 is 1.93 bits per heavy atom. The second kappa shape index (κ2) is 4.05. The van der Waals surface area contributed by atoms with Gasteiger partial charge in [-0.1, -0.05) is 0 Å². The van der Waals surface area contributed by atoms with Crippen LogP contribution in [0.3, 0.4) is 0 Å². The predicted octanol–water partition coefficient (Wildman–Crippen LogP) is 0.365. The molecule has 0 bridgehead atoms. The summed E-state index contributed by atoms with van der Waals surface area (Å²) in [4.78, 5) is 1.46. The van der Waals surface area contributed by atoms with Crippen LogP contribution in [0.15, 0.2) is 0 Å². The number of hydrogen-bond acceptors (Lipinski definition) is 4. The first kappa shape index (κ1) is 11.8. The topological polar surface area (TPSA) is 60.0 Å². The molecule has 1 aromatic heterocycles. The number of nitrogens with zero attached hydrogens (tertiary/aromatic N) is 4. The van der Waals surface area contributed by atoms with Crippen molar-refractivity contribution < 1.29 is 13.2 Å². The number of alkyl halides is 3. The first-order valence-corrected chi connectivity index (χ1v) is 4.21. The Bertz CT molecular complexity index is 330. The van der Waals surface area contributed by atoms with Gasteiger partial charge < -0.3 is 10.6 Å². The maximum Gasteiger partial charge on any atom is 0.406 e. The minimum atomic E-state index is -4.31. The lowest BCUT2D eigenvalue weighted by Gasteiger charge is -2.16. The molecule has 0 atom stereocenters. The molecular formula is C7H12F3N5. The third kappa shape index (κ3) is 2.82. The van der Waals surface area contributed by atoms with E-state index in [9.17, 15) is 13.2 Å². The zero-order valence-corrected chi connectivity index (χ0v) is 8.41. The van der Waals surface area contributed by atoms with Gasteiger partial charge in [-0.3, -0.25) is 4.57 Å². The van der Waals surface area contributed by atoms with E-state index in [4.69, 9.17) is 5.73 Å². The van der Waals surface area contributed by atoms with Gasteiger partial charge in [0.25, 0.3) is 0 Å². The normalized spacial score (nSPS) is 11.9. The molecule has 0 radical (unpaired) electrons. The molecule has 0 amide bonds. The summed E-state index contributed by atoms with van der Waals surface area (Å²) in [6.07, 6.45) is -4.31. The molecule has 1 rings (SSSR count). The molecule has 0 aromatic carbocycles. The molecule has 0 aliphatic rings. The highest BCUT2D eigenvalue weighted by atomic mass is 19.4. The maximum absolute atomic E-state index is 12.2. The van der Waals surface area contributed by atoms with Gasteiger partial charge in [-0.2, -0.15) is 13.2 Å². The summed E-state index contributed by atoms with van der Waals surface area (Å²) in [5, 5.41) is 7.22. The summed E-state index contributed by atoms with van der Waals surface area (Å²) in [5.74, 6) is 0.267. The van der Waals surface area contributed by atoms with Gasteiger partial charge in [0.1, 0.15) is 12.4 Å². The van der Waals surface area contributed by atoms with E-state index < -0.39 is 12.7 Å². The van der Waals surface area contributed by atoms with Crippen LogP contribution in [0.2, 0.25) is 0 Å². The fourth-order valence-electron chi connectivity index (χ4n) is 1.15. The molecule has 1 heterocycles. The predicted molar refractivity (Wildman–Crippen MR) is 48.3 cm³/mol. The highest BCUT2D eigenvalue weighted by molar-refractivity contribution is 5.28. The first-order chi connectivity index (χ1) is 6.85. The van der Waals surface area contributed by atoms with Crippen LogP contribution in [0.1, 0.15) is 5.82 Å². The van der Waals surface area contributed by atoms with Crippen molar-refractivity contribution in [3.63, 3.8) is 0 Å². The fraction of sp³-hybridized carbons (Fsp3) is 0.714. The smallest absolute Gasteiger partial charge is 0.347 e. The van der Waals surface area contributed by atoms with Gasteiger partial charge in [0.05, 0.1) is 6.54 Å². The van der Waals surface area contributed by atoms with Crippen LogP contribution in [-0.2, 0) is 13.1 Å². The van der Waals surface area contributed by atoms with E-state index >= 15 is 0 Å². The van der Waals surface area contributed by atoms with Crippen LogP contribution in [0, 0.1) is 0 Å². The van der Waals surface area contributed by atoms with Crippen LogP contribution in [0.4, 0.5) is 19.1 Å². The van der Waals surface area contributed by atoms with E-state index in [1.54, 1.807) is 14.1 Å². The Balaban J connectivity index is 3.05. The van der Waals surface area contributed by atoms with Crippen LogP contribution in [-0.4, -0.2) is 35.0 Å². The summed E-state index contributed by atoms with van der Waals surface area (Å²) < 4.78 is 37.7. The number of nitrogens with two attached hydrogens (primary N) is 1. The number of anilines is 1. The lowest BCUT2D eigenvalue weighted by atomic mass is 10.5. The zero-order valence-electron chi connectivity index (χ0n) is 8.41. The van der Waals surface area contributed by atoms with E-state index in [-0.39, 0.29) is 18.3 Å². The fourth-order valence-corrected chi connectivity index (χ4v) is 1.15. The minimum absolute atomic E-state index is 0.0725. The first-order valence-electron chi connectivity index (χ1n) is 4.21. The summed E-state index contributed by atoms with van der Waals surface area (Å²) in [6, 6.07) is 0. The standard InChI is InChI=1S/C7H12F3N5/c1-14(2)6-13-12-5(3-11)15(6)4-7(8,9)10/h3-4,11H2,1-2H3. The Hall–Kier alpha value is -1.31. The Kier molecular flexibility index (Phi) is 3.18. The van der Waals surface area contributed by atoms with Gasteiger partial charge in [0.15, 0.2) is 0 Å². The summed E-state index contributed by atoms with van der Waals surface area (Å²) >= 11 is 0. The van der Waals surface area contributed by atoms with Gasteiger partial charge in [-0.25, -0.2) is 0 Å². The van der Waals surface area contributed by atoms with Gasteiger partial charge >= 0.3 is 6.18 Å². The molecule has 0 saturated carbocycles. The second-order valence-electron chi connectivity index (χ2n) is 3.22.